The number of hydrogen-bond acceptors (Lipinski definition) is 8. The molecule has 2 aliphatic rings. The van der Waals surface area contributed by atoms with Gasteiger partial charge in [-0.15, -0.1) is 11.3 Å². The van der Waals surface area contributed by atoms with Gasteiger partial charge >= 0.3 is 0 Å². The third-order valence-electron chi connectivity index (χ3n) is 6.31. The highest BCUT2D eigenvalue weighted by molar-refractivity contribution is 7.98. The van der Waals surface area contributed by atoms with Gasteiger partial charge in [-0.2, -0.15) is 11.8 Å². The van der Waals surface area contributed by atoms with Crippen LogP contribution in [-0.2, 0) is 36.4 Å². The molecule has 0 saturated heterocycles. The van der Waals surface area contributed by atoms with Gasteiger partial charge in [-0.1, -0.05) is 18.2 Å². The number of aromatic nitrogens is 2. The molecule has 0 bridgehead atoms. The number of nitrogens with two attached hydrogens (primary N) is 1. The number of benzene rings is 1. The summed E-state index contributed by atoms with van der Waals surface area (Å²) in [7, 11) is 1.61. The van der Waals surface area contributed by atoms with Crippen molar-refractivity contribution in [2.24, 2.45) is 5.73 Å². The van der Waals surface area contributed by atoms with Gasteiger partial charge in [0.25, 0.3) is 11.5 Å². The zero-order chi connectivity index (χ0) is 23.7. The predicted molar refractivity (Wildman–Crippen MR) is 136 cm³/mol. The molecular weight excluding hydrogens is 470 g/mol. The van der Waals surface area contributed by atoms with Crippen LogP contribution in [0.4, 0.5) is 0 Å². The first-order chi connectivity index (χ1) is 16.6. The van der Waals surface area contributed by atoms with Crippen LogP contribution in [0.1, 0.15) is 44.2 Å². The summed E-state index contributed by atoms with van der Waals surface area (Å²) in [4.78, 5) is 36.8. The molecule has 10 heteroatoms. The number of carbonyl (C=O) groups is 1. The van der Waals surface area contributed by atoms with E-state index in [1.54, 1.807) is 7.11 Å². The molecule has 0 spiro atoms. The maximum Gasteiger partial charge on any atom is 0.287 e. The number of carbonyl (C=O) groups excluding carboxylic acids is 1. The second-order valence-electron chi connectivity index (χ2n) is 8.42. The van der Waals surface area contributed by atoms with Crippen LogP contribution < -0.4 is 16.6 Å². The molecule has 3 aromatic rings. The monoisotopic (exact) mass is 497 g/mol. The Kier molecular flexibility index (Phi) is 6.51. The van der Waals surface area contributed by atoms with Gasteiger partial charge in [0.15, 0.2) is 0 Å². The molecule has 34 heavy (non-hydrogen) atoms. The minimum absolute atomic E-state index is 0.0588. The van der Waals surface area contributed by atoms with Crippen LogP contribution in [0.2, 0.25) is 0 Å². The average Bonchev–Trinajstić information content (AvgIpc) is 3.05. The first-order valence-electron chi connectivity index (χ1n) is 11.3. The fourth-order valence-electron chi connectivity index (χ4n) is 4.59. The molecular formula is C24H27N5O3S2. The van der Waals surface area contributed by atoms with Gasteiger partial charge in [-0.25, -0.2) is 4.98 Å². The summed E-state index contributed by atoms with van der Waals surface area (Å²) in [5.74, 6) is 2.33. The molecule has 1 aromatic carbocycles. The van der Waals surface area contributed by atoms with Crippen molar-refractivity contribution in [3.63, 3.8) is 0 Å². The van der Waals surface area contributed by atoms with E-state index in [9.17, 15) is 9.59 Å². The first-order valence-corrected chi connectivity index (χ1v) is 13.3. The maximum atomic E-state index is 12.8. The molecule has 2 aliphatic heterocycles. The molecule has 178 valence electrons. The fraction of sp³-hybridized carbons (Fsp3) is 0.375. The summed E-state index contributed by atoms with van der Waals surface area (Å²) < 4.78 is 5.35. The lowest BCUT2D eigenvalue weighted by molar-refractivity contribution is 0.0940. The molecule has 2 aromatic heterocycles. The van der Waals surface area contributed by atoms with E-state index in [1.807, 2.05) is 17.8 Å². The van der Waals surface area contributed by atoms with E-state index < -0.39 is 0 Å². The van der Waals surface area contributed by atoms with Gasteiger partial charge in [0.1, 0.15) is 4.83 Å². The standard InChI is InChI=1S/C24H27N5O3S2/c1-32-19(10-25)29-7-6-15-5-4-14(9-16(15)12-29)11-26-23(31)21-27-22(30)20-17-3-2-8-33-13-18(17)34-24(20)28-21/h4-5,9-10H,2-3,6-8,11-13,25H2,1H3,(H,26,31)(H,27,28,30)/b19-10+. The summed E-state index contributed by atoms with van der Waals surface area (Å²) in [5.41, 5.74) is 10.00. The van der Waals surface area contributed by atoms with E-state index in [-0.39, 0.29) is 17.3 Å². The number of hydrogen-bond donors (Lipinski definition) is 3. The van der Waals surface area contributed by atoms with E-state index in [1.165, 1.54) is 33.5 Å². The van der Waals surface area contributed by atoms with Crippen LogP contribution in [0, 0.1) is 0 Å². The largest absolute Gasteiger partial charge is 0.481 e. The molecule has 8 nitrogen and oxygen atoms in total. The van der Waals surface area contributed by atoms with Crippen molar-refractivity contribution in [2.75, 3.05) is 19.4 Å². The molecule has 4 heterocycles. The van der Waals surface area contributed by atoms with E-state index in [2.05, 4.69) is 32.3 Å². The normalized spacial score (nSPS) is 16.0. The second-order valence-corrected chi connectivity index (χ2v) is 10.6. The van der Waals surface area contributed by atoms with Crippen molar-refractivity contribution in [2.45, 2.75) is 38.1 Å². The second kappa shape index (κ2) is 9.71. The fourth-order valence-corrected chi connectivity index (χ4v) is 6.95. The summed E-state index contributed by atoms with van der Waals surface area (Å²) >= 11 is 3.42. The number of fused-ring (bicyclic) bond motifs is 4. The highest BCUT2D eigenvalue weighted by Crippen LogP contribution is 2.34. The third-order valence-corrected chi connectivity index (χ3v) is 8.69. The first kappa shape index (κ1) is 22.8. The molecule has 0 unspecified atom stereocenters. The van der Waals surface area contributed by atoms with Gasteiger partial charge in [-0.05, 0) is 47.3 Å². The number of nitrogens with one attached hydrogen (secondary N) is 2. The minimum Gasteiger partial charge on any atom is -0.481 e. The number of aryl methyl sites for hydroxylation is 1. The molecule has 4 N–H and O–H groups in total. The smallest absolute Gasteiger partial charge is 0.287 e. The molecule has 0 atom stereocenters. The quantitative estimate of drug-likeness (QED) is 0.465. The maximum absolute atomic E-state index is 12.8. The average molecular weight is 498 g/mol. The molecule has 0 fully saturated rings. The number of methoxy groups -OCH3 is 1. The van der Waals surface area contributed by atoms with Crippen LogP contribution in [0.25, 0.3) is 10.2 Å². The Morgan fingerprint density at radius 1 is 1.35 bits per heavy atom. The van der Waals surface area contributed by atoms with Gasteiger partial charge in [0.05, 0.1) is 18.7 Å². The topological polar surface area (TPSA) is 113 Å². The third kappa shape index (κ3) is 4.39. The number of thiophene rings is 1. The van der Waals surface area contributed by atoms with E-state index >= 15 is 0 Å². The van der Waals surface area contributed by atoms with Crippen molar-refractivity contribution in [3.8, 4) is 0 Å². The Labute approximate surface area is 205 Å². The summed E-state index contributed by atoms with van der Waals surface area (Å²) in [6.07, 6.45) is 4.32. The molecule has 0 radical (unpaired) electrons. The molecule has 1 amide bonds. The number of amides is 1. The van der Waals surface area contributed by atoms with Crippen molar-refractivity contribution in [1.82, 2.24) is 20.2 Å². The summed E-state index contributed by atoms with van der Waals surface area (Å²) in [6, 6.07) is 6.23. The molecule has 0 saturated carbocycles. The van der Waals surface area contributed by atoms with Gasteiger partial charge < -0.3 is 25.7 Å². The Balaban J connectivity index is 1.31. The van der Waals surface area contributed by atoms with Crippen LogP contribution >= 0.6 is 23.1 Å². The number of ether oxygens (including phenoxy) is 1. The van der Waals surface area contributed by atoms with Crippen LogP contribution in [0.5, 0.6) is 0 Å². The van der Waals surface area contributed by atoms with Gasteiger partial charge in [-0.3, -0.25) is 9.59 Å². The number of H-pyrrole nitrogens is 1. The van der Waals surface area contributed by atoms with E-state index in [0.29, 0.717) is 29.2 Å². The number of thioether (sulfide) groups is 1. The lowest BCUT2D eigenvalue weighted by Gasteiger charge is -2.31. The highest BCUT2D eigenvalue weighted by atomic mass is 32.2. The van der Waals surface area contributed by atoms with Crippen LogP contribution in [-0.4, -0.2) is 40.2 Å². The van der Waals surface area contributed by atoms with Crippen molar-refractivity contribution in [3.05, 3.63) is 73.6 Å². The lowest BCUT2D eigenvalue weighted by atomic mass is 9.97. The minimum atomic E-state index is -0.385. The van der Waals surface area contributed by atoms with E-state index in [0.717, 1.165) is 48.4 Å². The zero-order valence-corrected chi connectivity index (χ0v) is 20.6. The zero-order valence-electron chi connectivity index (χ0n) is 19.0. The van der Waals surface area contributed by atoms with Crippen molar-refractivity contribution < 1.29 is 9.53 Å². The summed E-state index contributed by atoms with van der Waals surface area (Å²) in [5, 5.41) is 3.55. The number of nitrogens with zero attached hydrogens (tertiary/aromatic N) is 2. The Bertz CT molecular complexity index is 1330. The van der Waals surface area contributed by atoms with Crippen LogP contribution in [0.3, 0.4) is 0 Å². The number of aromatic amines is 1. The van der Waals surface area contributed by atoms with Gasteiger partial charge in [0, 0.05) is 30.3 Å². The Hall–Kier alpha value is -2.98. The Morgan fingerprint density at radius 2 is 2.24 bits per heavy atom. The lowest BCUT2D eigenvalue weighted by Crippen LogP contribution is -2.31. The SMILES string of the molecule is CO/C(=C/N)N1CCc2ccc(CNC(=O)c3nc4sc5c(c4c(=O)[nH]3)CCCSC5)cc2C1. The predicted octanol–water partition coefficient (Wildman–Crippen LogP) is 2.86. The van der Waals surface area contributed by atoms with Gasteiger partial charge in [0.2, 0.25) is 11.7 Å². The highest BCUT2D eigenvalue weighted by Gasteiger charge is 2.22. The summed E-state index contributed by atoms with van der Waals surface area (Å²) in [6.45, 7) is 1.88. The molecule has 0 aliphatic carbocycles. The van der Waals surface area contributed by atoms with E-state index in [4.69, 9.17) is 10.5 Å². The molecule has 5 rings (SSSR count). The van der Waals surface area contributed by atoms with Crippen molar-refractivity contribution >= 4 is 39.2 Å². The van der Waals surface area contributed by atoms with Crippen molar-refractivity contribution in [1.29, 1.82) is 0 Å². The number of rotatable bonds is 5. The van der Waals surface area contributed by atoms with Crippen LogP contribution in [0.15, 0.2) is 35.1 Å². The Morgan fingerprint density at radius 3 is 3.06 bits per heavy atom.